The number of halogens is 1. The number of rotatable bonds is 8. The van der Waals surface area contributed by atoms with Gasteiger partial charge in [-0.15, -0.1) is 0 Å². The lowest BCUT2D eigenvalue weighted by Gasteiger charge is -2.26. The van der Waals surface area contributed by atoms with Crippen molar-refractivity contribution in [3.63, 3.8) is 0 Å². The molecule has 3 aromatic rings. The average molecular weight is 406 g/mol. The molecule has 3 nitrogen and oxygen atoms in total. The molecule has 4 rings (SSSR count). The van der Waals surface area contributed by atoms with Crippen LogP contribution in [0.3, 0.4) is 0 Å². The van der Waals surface area contributed by atoms with Crippen molar-refractivity contribution in [3.8, 4) is 16.9 Å². The third kappa shape index (κ3) is 5.68. The Morgan fingerprint density at radius 3 is 2.23 bits per heavy atom. The molecule has 0 bridgehead atoms. The van der Waals surface area contributed by atoms with Crippen LogP contribution in [-0.2, 0) is 17.6 Å². The zero-order valence-electron chi connectivity index (χ0n) is 17.2. The van der Waals surface area contributed by atoms with Crippen LogP contribution in [-0.4, -0.2) is 44.4 Å². The summed E-state index contributed by atoms with van der Waals surface area (Å²) in [6.45, 7) is 4.78. The second kappa shape index (κ2) is 10.4. The molecule has 4 heteroatoms. The van der Waals surface area contributed by atoms with Gasteiger partial charge in [-0.1, -0.05) is 54.6 Å². The Morgan fingerprint density at radius 2 is 1.53 bits per heavy atom. The Kier molecular flexibility index (Phi) is 7.11. The van der Waals surface area contributed by atoms with Gasteiger partial charge in [0.25, 0.3) is 0 Å². The lowest BCUT2D eigenvalue weighted by Crippen LogP contribution is -2.38. The van der Waals surface area contributed by atoms with Crippen molar-refractivity contribution >= 4 is 0 Å². The SMILES string of the molecule is Fc1cc(OCCN2CCOCC2)ccc1-c1ccc(CCc2ccccc2)cc1. The maximum atomic E-state index is 14.7. The third-order valence-electron chi connectivity index (χ3n) is 5.53. The highest BCUT2D eigenvalue weighted by Crippen LogP contribution is 2.27. The molecular weight excluding hydrogens is 377 g/mol. The van der Waals surface area contributed by atoms with Gasteiger partial charge in [-0.05, 0) is 41.7 Å². The molecule has 30 heavy (non-hydrogen) atoms. The molecule has 0 radical (unpaired) electrons. The first-order valence-electron chi connectivity index (χ1n) is 10.6. The molecule has 0 saturated carbocycles. The van der Waals surface area contributed by atoms with Gasteiger partial charge >= 0.3 is 0 Å². The first kappa shape index (κ1) is 20.6. The van der Waals surface area contributed by atoms with E-state index in [1.54, 1.807) is 6.07 Å². The van der Waals surface area contributed by atoms with Gasteiger partial charge in [0, 0.05) is 31.3 Å². The van der Waals surface area contributed by atoms with E-state index in [0.29, 0.717) is 17.9 Å². The number of nitrogens with zero attached hydrogens (tertiary/aromatic N) is 1. The van der Waals surface area contributed by atoms with Crippen LogP contribution in [0.2, 0.25) is 0 Å². The molecule has 0 unspecified atom stereocenters. The smallest absolute Gasteiger partial charge is 0.134 e. The van der Waals surface area contributed by atoms with Crippen LogP contribution < -0.4 is 4.74 Å². The Morgan fingerprint density at radius 1 is 0.833 bits per heavy atom. The minimum absolute atomic E-state index is 0.254. The zero-order chi connectivity index (χ0) is 20.6. The number of hydrogen-bond acceptors (Lipinski definition) is 3. The van der Waals surface area contributed by atoms with E-state index in [-0.39, 0.29) is 5.82 Å². The molecule has 1 fully saturated rings. The summed E-state index contributed by atoms with van der Waals surface area (Å²) in [6, 6.07) is 23.8. The van der Waals surface area contributed by atoms with E-state index in [2.05, 4.69) is 41.3 Å². The highest BCUT2D eigenvalue weighted by atomic mass is 19.1. The molecule has 0 spiro atoms. The molecule has 0 aliphatic carbocycles. The summed E-state index contributed by atoms with van der Waals surface area (Å²) < 4.78 is 25.8. The van der Waals surface area contributed by atoms with Gasteiger partial charge in [0.05, 0.1) is 13.2 Å². The Labute approximate surface area is 178 Å². The van der Waals surface area contributed by atoms with Gasteiger partial charge in [-0.25, -0.2) is 4.39 Å². The molecule has 156 valence electrons. The zero-order valence-corrected chi connectivity index (χ0v) is 17.2. The number of benzene rings is 3. The number of aryl methyl sites for hydroxylation is 2. The van der Waals surface area contributed by atoms with Gasteiger partial charge in [0.15, 0.2) is 0 Å². The van der Waals surface area contributed by atoms with E-state index in [4.69, 9.17) is 9.47 Å². The third-order valence-corrected chi connectivity index (χ3v) is 5.53. The first-order valence-corrected chi connectivity index (χ1v) is 10.6. The fourth-order valence-electron chi connectivity index (χ4n) is 3.72. The Hall–Kier alpha value is -2.69. The minimum Gasteiger partial charge on any atom is -0.492 e. The highest BCUT2D eigenvalue weighted by Gasteiger charge is 2.11. The molecular formula is C26H28FNO2. The van der Waals surface area contributed by atoms with Crippen molar-refractivity contribution in [2.75, 3.05) is 39.5 Å². The first-order chi connectivity index (χ1) is 14.8. The molecule has 0 atom stereocenters. The minimum atomic E-state index is -0.254. The van der Waals surface area contributed by atoms with Crippen LogP contribution >= 0.6 is 0 Å². The van der Waals surface area contributed by atoms with E-state index in [0.717, 1.165) is 51.3 Å². The van der Waals surface area contributed by atoms with E-state index in [9.17, 15) is 4.39 Å². The van der Waals surface area contributed by atoms with Crippen molar-refractivity contribution in [2.24, 2.45) is 0 Å². The Bertz CT molecular complexity index is 922. The standard InChI is InChI=1S/C26H28FNO2/c27-26-20-24(30-19-16-28-14-17-29-18-15-28)12-13-25(26)23-10-8-22(9-11-23)7-6-21-4-2-1-3-5-21/h1-5,8-13,20H,6-7,14-19H2. The van der Waals surface area contributed by atoms with Crippen molar-refractivity contribution < 1.29 is 13.9 Å². The van der Waals surface area contributed by atoms with Crippen LogP contribution in [0, 0.1) is 5.82 Å². The van der Waals surface area contributed by atoms with E-state index >= 15 is 0 Å². The van der Waals surface area contributed by atoms with Crippen LogP contribution in [0.4, 0.5) is 4.39 Å². The van der Waals surface area contributed by atoms with Crippen LogP contribution in [0.1, 0.15) is 11.1 Å². The van der Waals surface area contributed by atoms with Crippen LogP contribution in [0.25, 0.3) is 11.1 Å². The van der Waals surface area contributed by atoms with Gasteiger partial charge in [0.1, 0.15) is 18.2 Å². The summed E-state index contributed by atoms with van der Waals surface area (Å²) in [5.74, 6) is 0.319. The van der Waals surface area contributed by atoms with Crippen molar-refractivity contribution in [2.45, 2.75) is 12.8 Å². The molecule has 1 saturated heterocycles. The van der Waals surface area contributed by atoms with Crippen molar-refractivity contribution in [1.29, 1.82) is 0 Å². The summed E-state index contributed by atoms with van der Waals surface area (Å²) in [6.07, 6.45) is 1.98. The fourth-order valence-corrected chi connectivity index (χ4v) is 3.72. The molecule has 0 N–H and O–H groups in total. The predicted octanol–water partition coefficient (Wildman–Crippen LogP) is 4.99. The molecule has 3 aromatic carbocycles. The monoisotopic (exact) mass is 405 g/mol. The fraction of sp³-hybridized carbons (Fsp3) is 0.308. The van der Waals surface area contributed by atoms with E-state index in [1.165, 1.54) is 17.2 Å². The lowest BCUT2D eigenvalue weighted by atomic mass is 10.00. The summed E-state index contributed by atoms with van der Waals surface area (Å²) >= 11 is 0. The molecule has 0 aromatic heterocycles. The average Bonchev–Trinajstić information content (AvgIpc) is 2.80. The maximum Gasteiger partial charge on any atom is 0.134 e. The summed E-state index contributed by atoms with van der Waals surface area (Å²) in [7, 11) is 0. The van der Waals surface area contributed by atoms with Crippen LogP contribution in [0.5, 0.6) is 5.75 Å². The van der Waals surface area contributed by atoms with Crippen LogP contribution in [0.15, 0.2) is 72.8 Å². The number of morpholine rings is 1. The number of ether oxygens (including phenoxy) is 2. The van der Waals surface area contributed by atoms with Crippen molar-refractivity contribution in [3.05, 3.63) is 89.7 Å². The molecule has 1 heterocycles. The summed E-state index contributed by atoms with van der Waals surface area (Å²) in [5, 5.41) is 0. The van der Waals surface area contributed by atoms with Crippen molar-refractivity contribution in [1.82, 2.24) is 4.90 Å². The Balaban J connectivity index is 1.32. The van der Waals surface area contributed by atoms with E-state index in [1.807, 2.05) is 24.3 Å². The molecule has 1 aliphatic heterocycles. The quantitative estimate of drug-likeness (QED) is 0.527. The number of hydrogen-bond donors (Lipinski definition) is 0. The van der Waals surface area contributed by atoms with Gasteiger partial charge < -0.3 is 9.47 Å². The van der Waals surface area contributed by atoms with E-state index < -0.39 is 0 Å². The highest BCUT2D eigenvalue weighted by molar-refractivity contribution is 5.65. The summed E-state index contributed by atoms with van der Waals surface area (Å²) in [4.78, 5) is 2.30. The normalized spacial score (nSPS) is 14.6. The van der Waals surface area contributed by atoms with Gasteiger partial charge in [0.2, 0.25) is 0 Å². The second-order valence-corrected chi connectivity index (χ2v) is 7.63. The largest absolute Gasteiger partial charge is 0.492 e. The van der Waals surface area contributed by atoms with Gasteiger partial charge in [-0.2, -0.15) is 0 Å². The summed E-state index contributed by atoms with van der Waals surface area (Å²) in [5.41, 5.74) is 4.07. The second-order valence-electron chi connectivity index (χ2n) is 7.63. The maximum absolute atomic E-state index is 14.7. The predicted molar refractivity (Wildman–Crippen MR) is 118 cm³/mol. The molecule has 0 amide bonds. The van der Waals surface area contributed by atoms with Gasteiger partial charge in [-0.3, -0.25) is 4.90 Å². The lowest BCUT2D eigenvalue weighted by molar-refractivity contribution is 0.0322. The topological polar surface area (TPSA) is 21.7 Å². The molecule has 1 aliphatic rings.